The van der Waals surface area contributed by atoms with Gasteiger partial charge in [0, 0.05) is 35.4 Å². The molecule has 3 heterocycles. The van der Waals surface area contributed by atoms with E-state index in [1.165, 1.54) is 16.2 Å². The normalized spacial score (nSPS) is 15.6. The number of aromatic nitrogens is 3. The summed E-state index contributed by atoms with van der Waals surface area (Å²) in [4.78, 5) is 26.0. The SMILES string of the molecule is Cc1cc(=O)n2c(n1)NC(Nc1ccc(C(C)C)cc1)=NC2c1cccnc1. The van der Waals surface area contributed by atoms with Crippen LogP contribution >= 0.6 is 0 Å². The summed E-state index contributed by atoms with van der Waals surface area (Å²) >= 11 is 0. The zero-order valence-corrected chi connectivity index (χ0v) is 16.0. The summed E-state index contributed by atoms with van der Waals surface area (Å²) in [6, 6.07) is 13.5. The molecule has 0 amide bonds. The first-order valence-corrected chi connectivity index (χ1v) is 9.23. The van der Waals surface area contributed by atoms with Crippen LogP contribution in [0.5, 0.6) is 0 Å². The minimum atomic E-state index is -0.539. The highest BCUT2D eigenvalue weighted by atomic mass is 16.1. The number of hydrogen-bond donors (Lipinski definition) is 2. The van der Waals surface area contributed by atoms with Crippen molar-refractivity contribution in [2.24, 2.45) is 4.99 Å². The summed E-state index contributed by atoms with van der Waals surface area (Å²) in [7, 11) is 0. The molecule has 2 N–H and O–H groups in total. The second-order valence-electron chi connectivity index (χ2n) is 7.09. The molecule has 0 saturated heterocycles. The molecule has 0 aliphatic carbocycles. The number of pyridine rings is 1. The Morgan fingerprint density at radius 1 is 1.18 bits per heavy atom. The Kier molecular flexibility index (Phi) is 4.65. The van der Waals surface area contributed by atoms with E-state index in [1.54, 1.807) is 19.3 Å². The van der Waals surface area contributed by atoms with E-state index in [2.05, 4.69) is 46.6 Å². The van der Waals surface area contributed by atoms with Gasteiger partial charge in [-0.05, 0) is 36.6 Å². The fraction of sp³-hybridized carbons (Fsp3) is 0.238. The van der Waals surface area contributed by atoms with Crippen LogP contribution in [-0.4, -0.2) is 20.5 Å². The molecule has 142 valence electrons. The Bertz CT molecular complexity index is 1070. The van der Waals surface area contributed by atoms with Gasteiger partial charge < -0.3 is 5.32 Å². The minimum Gasteiger partial charge on any atom is -0.326 e. The summed E-state index contributed by atoms with van der Waals surface area (Å²) in [6.07, 6.45) is 2.87. The zero-order valence-electron chi connectivity index (χ0n) is 16.0. The average molecular weight is 374 g/mol. The first-order chi connectivity index (χ1) is 13.5. The van der Waals surface area contributed by atoms with Crippen molar-refractivity contribution in [1.29, 1.82) is 0 Å². The fourth-order valence-electron chi connectivity index (χ4n) is 3.15. The Hall–Kier alpha value is -3.48. The van der Waals surface area contributed by atoms with Crippen molar-refractivity contribution in [3.63, 3.8) is 0 Å². The first kappa shape index (κ1) is 17.9. The maximum absolute atomic E-state index is 12.6. The molecular formula is C21H22N6O. The fourth-order valence-corrected chi connectivity index (χ4v) is 3.15. The van der Waals surface area contributed by atoms with E-state index in [0.717, 1.165) is 11.3 Å². The Labute approximate surface area is 163 Å². The van der Waals surface area contributed by atoms with Gasteiger partial charge in [-0.3, -0.25) is 19.7 Å². The van der Waals surface area contributed by atoms with Crippen LogP contribution in [0.1, 0.15) is 42.8 Å². The number of benzene rings is 1. The molecule has 0 fully saturated rings. The number of aliphatic imine (C=N–C) groups is 1. The summed E-state index contributed by atoms with van der Waals surface area (Å²) in [6.45, 7) is 6.12. The van der Waals surface area contributed by atoms with Crippen molar-refractivity contribution in [3.8, 4) is 0 Å². The van der Waals surface area contributed by atoms with Gasteiger partial charge in [0.2, 0.25) is 11.9 Å². The highest BCUT2D eigenvalue weighted by molar-refractivity contribution is 6.03. The van der Waals surface area contributed by atoms with Crippen LogP contribution in [0.15, 0.2) is 64.6 Å². The predicted molar refractivity (Wildman–Crippen MR) is 111 cm³/mol. The molecule has 1 aliphatic rings. The molecule has 2 aromatic heterocycles. The van der Waals surface area contributed by atoms with E-state index in [1.807, 2.05) is 24.3 Å². The number of fused-ring (bicyclic) bond motifs is 1. The second kappa shape index (κ2) is 7.26. The maximum Gasteiger partial charge on any atom is 0.257 e. The molecule has 1 aliphatic heterocycles. The molecule has 0 radical (unpaired) electrons. The Balaban J connectivity index is 1.72. The van der Waals surface area contributed by atoms with E-state index in [4.69, 9.17) is 4.99 Å². The van der Waals surface area contributed by atoms with Gasteiger partial charge in [0.05, 0.1) is 0 Å². The lowest BCUT2D eigenvalue weighted by molar-refractivity contribution is 0.575. The number of guanidine groups is 1. The van der Waals surface area contributed by atoms with E-state index in [-0.39, 0.29) is 5.56 Å². The van der Waals surface area contributed by atoms with Crippen molar-refractivity contribution in [2.75, 3.05) is 10.6 Å². The lowest BCUT2D eigenvalue weighted by atomic mass is 10.0. The monoisotopic (exact) mass is 374 g/mol. The molecule has 0 bridgehead atoms. The molecule has 7 nitrogen and oxygen atoms in total. The van der Waals surface area contributed by atoms with Crippen LogP contribution in [-0.2, 0) is 0 Å². The highest BCUT2D eigenvalue weighted by Crippen LogP contribution is 2.25. The largest absolute Gasteiger partial charge is 0.326 e. The molecule has 28 heavy (non-hydrogen) atoms. The van der Waals surface area contributed by atoms with E-state index in [9.17, 15) is 4.79 Å². The third-order valence-corrected chi connectivity index (χ3v) is 4.63. The van der Waals surface area contributed by atoms with Crippen molar-refractivity contribution in [1.82, 2.24) is 14.5 Å². The summed E-state index contributed by atoms with van der Waals surface area (Å²) in [5.74, 6) is 1.46. The number of rotatable bonds is 3. The van der Waals surface area contributed by atoms with E-state index >= 15 is 0 Å². The second-order valence-corrected chi connectivity index (χ2v) is 7.09. The third-order valence-electron chi connectivity index (χ3n) is 4.63. The summed E-state index contributed by atoms with van der Waals surface area (Å²) in [5.41, 5.74) is 3.48. The molecule has 0 spiro atoms. The topological polar surface area (TPSA) is 84.2 Å². The summed E-state index contributed by atoms with van der Waals surface area (Å²) in [5, 5.41) is 6.42. The molecule has 4 rings (SSSR count). The van der Waals surface area contributed by atoms with Crippen LogP contribution in [0.25, 0.3) is 0 Å². The number of anilines is 2. The van der Waals surface area contributed by atoms with Gasteiger partial charge in [0.25, 0.3) is 5.56 Å². The molecule has 1 aromatic carbocycles. The van der Waals surface area contributed by atoms with Crippen molar-refractivity contribution >= 4 is 17.6 Å². The third kappa shape index (κ3) is 3.51. The highest BCUT2D eigenvalue weighted by Gasteiger charge is 2.25. The van der Waals surface area contributed by atoms with Gasteiger partial charge in [-0.25, -0.2) is 9.98 Å². The number of nitrogens with zero attached hydrogens (tertiary/aromatic N) is 4. The zero-order chi connectivity index (χ0) is 19.7. The standard InChI is InChI=1S/C21H22N6O/c1-13(2)15-6-8-17(9-7-15)24-20-25-19(16-5-4-10-22-12-16)27-18(28)11-14(3)23-21(27)26-20/h4-13,19H,1-3H3,(H2,23,24,25,26). The molecule has 1 unspecified atom stereocenters. The number of hydrogen-bond acceptors (Lipinski definition) is 6. The van der Waals surface area contributed by atoms with Crippen molar-refractivity contribution in [2.45, 2.75) is 32.9 Å². The quantitative estimate of drug-likeness (QED) is 0.733. The van der Waals surface area contributed by atoms with E-state index < -0.39 is 6.17 Å². The van der Waals surface area contributed by atoms with Crippen LogP contribution < -0.4 is 16.2 Å². The number of nitrogens with one attached hydrogen (secondary N) is 2. The van der Waals surface area contributed by atoms with Gasteiger partial charge >= 0.3 is 0 Å². The molecular weight excluding hydrogens is 352 g/mol. The molecule has 3 aromatic rings. The van der Waals surface area contributed by atoms with Gasteiger partial charge in [-0.2, -0.15) is 0 Å². The van der Waals surface area contributed by atoms with Gasteiger partial charge in [0.1, 0.15) is 0 Å². The molecule has 7 heteroatoms. The lowest BCUT2D eigenvalue weighted by Gasteiger charge is -2.26. The maximum atomic E-state index is 12.6. The van der Waals surface area contributed by atoms with Gasteiger partial charge in [-0.15, -0.1) is 0 Å². The van der Waals surface area contributed by atoms with Crippen LogP contribution in [0.2, 0.25) is 0 Å². The molecule has 1 atom stereocenters. The lowest BCUT2D eigenvalue weighted by Crippen LogP contribution is -2.37. The molecule has 0 saturated carbocycles. The first-order valence-electron chi connectivity index (χ1n) is 9.23. The minimum absolute atomic E-state index is 0.159. The smallest absolute Gasteiger partial charge is 0.257 e. The predicted octanol–water partition coefficient (Wildman–Crippen LogP) is 3.51. The van der Waals surface area contributed by atoms with Gasteiger partial charge in [-0.1, -0.05) is 32.0 Å². The Morgan fingerprint density at radius 3 is 2.64 bits per heavy atom. The van der Waals surface area contributed by atoms with Gasteiger partial charge in [0.15, 0.2) is 6.17 Å². The summed E-state index contributed by atoms with van der Waals surface area (Å²) < 4.78 is 1.54. The van der Waals surface area contributed by atoms with Crippen molar-refractivity contribution < 1.29 is 0 Å². The van der Waals surface area contributed by atoms with Crippen LogP contribution in [0, 0.1) is 6.92 Å². The number of aryl methyl sites for hydroxylation is 1. The van der Waals surface area contributed by atoms with E-state index in [0.29, 0.717) is 23.5 Å². The Morgan fingerprint density at radius 2 is 1.96 bits per heavy atom. The van der Waals surface area contributed by atoms with Crippen LogP contribution in [0.4, 0.5) is 11.6 Å². The van der Waals surface area contributed by atoms with Crippen molar-refractivity contribution in [3.05, 3.63) is 82.0 Å². The van der Waals surface area contributed by atoms with Crippen LogP contribution in [0.3, 0.4) is 0 Å². The average Bonchev–Trinajstić information content (AvgIpc) is 2.68.